The summed E-state index contributed by atoms with van der Waals surface area (Å²) in [5.74, 6) is 1.27. The molecule has 1 atom stereocenters. The quantitative estimate of drug-likeness (QED) is 0.687. The van der Waals surface area contributed by atoms with Crippen molar-refractivity contribution >= 4 is 0 Å². The number of hydrogen-bond acceptors (Lipinski definition) is 2. The second kappa shape index (κ2) is 2.71. The van der Waals surface area contributed by atoms with Gasteiger partial charge in [-0.3, -0.25) is 0 Å². The molecule has 0 bridgehead atoms. The molecule has 0 amide bonds. The molecule has 1 aliphatic heterocycles. The first-order valence-corrected chi connectivity index (χ1v) is 5.77. The predicted octanol–water partition coefficient (Wildman–Crippen LogP) is 1.29. The average Bonchev–Trinajstić information content (AvgIpc) is 3.01. The van der Waals surface area contributed by atoms with Crippen molar-refractivity contribution in [3.8, 4) is 0 Å². The van der Waals surface area contributed by atoms with Crippen LogP contribution < -0.4 is 5.32 Å². The first-order chi connectivity index (χ1) is 6.32. The average molecular weight is 181 g/mol. The highest BCUT2D eigenvalue weighted by Crippen LogP contribution is 2.54. The second-order valence-corrected chi connectivity index (χ2v) is 5.08. The third kappa shape index (κ3) is 1.23. The van der Waals surface area contributed by atoms with Gasteiger partial charge in [0.1, 0.15) is 0 Å². The Hall–Kier alpha value is -0.0800. The zero-order valence-electron chi connectivity index (χ0n) is 8.13. The van der Waals surface area contributed by atoms with E-state index in [4.69, 9.17) is 0 Å². The van der Waals surface area contributed by atoms with Crippen LogP contribution in [-0.2, 0) is 0 Å². The van der Waals surface area contributed by atoms with Crippen molar-refractivity contribution < 1.29 is 5.11 Å². The SMILES string of the molecule is OC(C1CC1)(C1CC1)C1CCCN1. The maximum atomic E-state index is 10.7. The Kier molecular flexibility index (Phi) is 1.72. The smallest absolute Gasteiger partial charge is 0.0855 e. The highest BCUT2D eigenvalue weighted by Gasteiger charge is 2.57. The molecule has 0 radical (unpaired) electrons. The fourth-order valence-corrected chi connectivity index (χ4v) is 3.07. The lowest BCUT2D eigenvalue weighted by Gasteiger charge is -2.34. The summed E-state index contributed by atoms with van der Waals surface area (Å²) < 4.78 is 0. The van der Waals surface area contributed by atoms with Gasteiger partial charge in [-0.25, -0.2) is 0 Å². The summed E-state index contributed by atoms with van der Waals surface area (Å²) in [5.41, 5.74) is -0.309. The molecule has 3 aliphatic rings. The Morgan fingerprint density at radius 3 is 2.00 bits per heavy atom. The Morgan fingerprint density at radius 1 is 1.00 bits per heavy atom. The third-order valence-corrected chi connectivity index (χ3v) is 4.08. The minimum Gasteiger partial charge on any atom is -0.388 e. The Balaban J connectivity index is 1.79. The summed E-state index contributed by atoms with van der Waals surface area (Å²) in [7, 11) is 0. The fraction of sp³-hybridized carbons (Fsp3) is 1.00. The van der Waals surface area contributed by atoms with Crippen LogP contribution in [0.3, 0.4) is 0 Å². The molecular formula is C11H19NO. The fourth-order valence-electron chi connectivity index (χ4n) is 3.07. The van der Waals surface area contributed by atoms with Gasteiger partial charge in [-0.1, -0.05) is 0 Å². The number of rotatable bonds is 3. The zero-order valence-corrected chi connectivity index (χ0v) is 8.13. The zero-order chi connectivity index (χ0) is 8.89. The Morgan fingerprint density at radius 2 is 1.62 bits per heavy atom. The normalized spacial score (nSPS) is 35.3. The topological polar surface area (TPSA) is 32.3 Å². The number of nitrogens with one attached hydrogen (secondary N) is 1. The monoisotopic (exact) mass is 181 g/mol. The first-order valence-electron chi connectivity index (χ1n) is 5.77. The van der Waals surface area contributed by atoms with Gasteiger partial charge in [0.25, 0.3) is 0 Å². The lowest BCUT2D eigenvalue weighted by Crippen LogP contribution is -2.51. The van der Waals surface area contributed by atoms with Gasteiger partial charge in [-0.05, 0) is 56.9 Å². The third-order valence-electron chi connectivity index (χ3n) is 4.08. The number of hydrogen-bond donors (Lipinski definition) is 2. The van der Waals surface area contributed by atoms with Crippen LogP contribution in [0.2, 0.25) is 0 Å². The maximum absolute atomic E-state index is 10.7. The maximum Gasteiger partial charge on any atom is 0.0855 e. The molecule has 0 aromatic carbocycles. The van der Waals surface area contributed by atoms with Crippen molar-refractivity contribution in [2.24, 2.45) is 11.8 Å². The second-order valence-electron chi connectivity index (χ2n) is 5.08. The van der Waals surface area contributed by atoms with E-state index in [1.807, 2.05) is 0 Å². The molecular weight excluding hydrogens is 162 g/mol. The molecule has 0 aromatic rings. The Labute approximate surface area is 79.7 Å². The van der Waals surface area contributed by atoms with E-state index in [2.05, 4.69) is 5.32 Å². The van der Waals surface area contributed by atoms with Gasteiger partial charge >= 0.3 is 0 Å². The largest absolute Gasteiger partial charge is 0.388 e. The highest BCUT2D eigenvalue weighted by atomic mass is 16.3. The molecule has 2 aliphatic carbocycles. The van der Waals surface area contributed by atoms with Crippen molar-refractivity contribution in [3.63, 3.8) is 0 Å². The van der Waals surface area contributed by atoms with Gasteiger partial charge < -0.3 is 10.4 Å². The molecule has 2 N–H and O–H groups in total. The molecule has 0 aromatic heterocycles. The Bertz CT molecular complexity index is 190. The molecule has 1 unspecified atom stereocenters. The van der Waals surface area contributed by atoms with E-state index >= 15 is 0 Å². The lowest BCUT2D eigenvalue weighted by atomic mass is 9.83. The van der Waals surface area contributed by atoms with Gasteiger partial charge in [0.05, 0.1) is 5.60 Å². The van der Waals surface area contributed by atoms with E-state index in [1.165, 1.54) is 38.5 Å². The van der Waals surface area contributed by atoms with Crippen LogP contribution in [0.1, 0.15) is 38.5 Å². The minimum atomic E-state index is -0.309. The van der Waals surface area contributed by atoms with E-state index in [0.717, 1.165) is 6.54 Å². The molecule has 74 valence electrons. The van der Waals surface area contributed by atoms with Gasteiger partial charge in [0.15, 0.2) is 0 Å². The lowest BCUT2D eigenvalue weighted by molar-refractivity contribution is -0.0346. The molecule has 3 fully saturated rings. The van der Waals surface area contributed by atoms with Crippen molar-refractivity contribution in [2.45, 2.75) is 50.2 Å². The van der Waals surface area contributed by atoms with E-state index in [0.29, 0.717) is 17.9 Å². The van der Waals surface area contributed by atoms with Crippen LogP contribution in [0, 0.1) is 11.8 Å². The van der Waals surface area contributed by atoms with E-state index < -0.39 is 0 Å². The van der Waals surface area contributed by atoms with Crippen molar-refractivity contribution in [1.29, 1.82) is 0 Å². The first kappa shape index (κ1) is 8.25. The predicted molar refractivity (Wildman–Crippen MR) is 51.4 cm³/mol. The van der Waals surface area contributed by atoms with Gasteiger partial charge in [0, 0.05) is 6.04 Å². The summed E-state index contributed by atoms with van der Waals surface area (Å²) in [6, 6.07) is 0.424. The molecule has 0 spiro atoms. The van der Waals surface area contributed by atoms with Gasteiger partial charge in [0.2, 0.25) is 0 Å². The van der Waals surface area contributed by atoms with Gasteiger partial charge in [-0.2, -0.15) is 0 Å². The molecule has 2 nitrogen and oxygen atoms in total. The molecule has 2 saturated carbocycles. The van der Waals surface area contributed by atoms with E-state index in [-0.39, 0.29) is 5.60 Å². The van der Waals surface area contributed by atoms with Gasteiger partial charge in [-0.15, -0.1) is 0 Å². The minimum absolute atomic E-state index is 0.309. The van der Waals surface area contributed by atoms with Crippen molar-refractivity contribution in [2.75, 3.05) is 6.54 Å². The van der Waals surface area contributed by atoms with E-state index in [1.54, 1.807) is 0 Å². The van der Waals surface area contributed by atoms with Crippen molar-refractivity contribution in [1.82, 2.24) is 5.32 Å². The molecule has 1 heterocycles. The van der Waals surface area contributed by atoms with Crippen LogP contribution in [0.5, 0.6) is 0 Å². The highest BCUT2D eigenvalue weighted by molar-refractivity contribution is 5.10. The van der Waals surface area contributed by atoms with Crippen LogP contribution in [0.4, 0.5) is 0 Å². The molecule has 3 rings (SSSR count). The molecule has 1 saturated heterocycles. The number of aliphatic hydroxyl groups is 1. The van der Waals surface area contributed by atoms with Crippen LogP contribution >= 0.6 is 0 Å². The summed E-state index contributed by atoms with van der Waals surface area (Å²) in [5, 5.41) is 14.2. The summed E-state index contributed by atoms with van der Waals surface area (Å²) in [4.78, 5) is 0. The van der Waals surface area contributed by atoms with Crippen LogP contribution in [-0.4, -0.2) is 23.3 Å². The summed E-state index contributed by atoms with van der Waals surface area (Å²) in [6.07, 6.45) is 7.53. The van der Waals surface area contributed by atoms with Crippen molar-refractivity contribution in [3.05, 3.63) is 0 Å². The molecule has 2 heteroatoms. The standard InChI is InChI=1S/C11H19NO/c13-11(8-3-4-8,9-5-6-9)10-2-1-7-12-10/h8-10,12-13H,1-7H2. The molecule has 13 heavy (non-hydrogen) atoms. The van der Waals surface area contributed by atoms with E-state index in [9.17, 15) is 5.11 Å². The van der Waals surface area contributed by atoms with Crippen LogP contribution in [0.25, 0.3) is 0 Å². The summed E-state index contributed by atoms with van der Waals surface area (Å²) in [6.45, 7) is 1.12. The van der Waals surface area contributed by atoms with Crippen LogP contribution in [0.15, 0.2) is 0 Å². The summed E-state index contributed by atoms with van der Waals surface area (Å²) >= 11 is 0.